The first kappa shape index (κ1) is 46.8. The summed E-state index contributed by atoms with van der Waals surface area (Å²) in [5.41, 5.74) is 11.0. The van der Waals surface area contributed by atoms with Crippen LogP contribution >= 0.6 is 0 Å². The van der Waals surface area contributed by atoms with Crippen molar-refractivity contribution in [1.29, 1.82) is 0 Å². The molecule has 2 aromatic heterocycles. The zero-order valence-corrected chi connectivity index (χ0v) is 43.8. The number of anilines is 4. The van der Waals surface area contributed by atoms with Crippen LogP contribution in [-0.4, -0.2) is 9.55 Å². The molecule has 7 heteroatoms. The monoisotopic (exact) mass is 1170 g/mol. The van der Waals surface area contributed by atoms with Crippen LogP contribution in [-0.2, 0) is 32.4 Å². The molecule has 4 saturated carbocycles. The van der Waals surface area contributed by atoms with Crippen LogP contribution in [0.5, 0.6) is 0 Å². The number of para-hydroxylation sites is 4. The van der Waals surface area contributed by atoms with E-state index in [4.69, 9.17) is 4.98 Å². The fourth-order valence-corrected chi connectivity index (χ4v) is 14.6. The second-order valence-corrected chi connectivity index (χ2v) is 21.4. The third kappa shape index (κ3) is 7.20. The Morgan fingerprint density at radius 3 is 1.84 bits per heavy atom. The van der Waals surface area contributed by atoms with Crippen molar-refractivity contribution in [2.24, 2.45) is 23.7 Å². The molecule has 0 amide bonds. The standard InChI is InChI=1S/C69H51F2N4.Pt/c70-69(71,51-22-14-23-55(41-51)73-44-74(64-31-12-11-30-63(64)73)67-57(48-16-3-1-4-17-48)26-15-27-58(67)49-18-5-2-6-19-49)52-32-33-60-59-25-9-10-29-62(59)75(65(60)42-52)66-43-50(34-35-72-66)68(53-37-45-36-46(39-53)40-54(68)38-45)61-28-13-21-47-20-7-8-24-56(47)61;/h1-35,43-46,53-54H,36-40H2;/q-3;. The van der Waals surface area contributed by atoms with Crippen molar-refractivity contribution in [2.45, 2.75) is 43.4 Å². The Kier molecular flexibility index (Phi) is 11.3. The van der Waals surface area contributed by atoms with Crippen LogP contribution in [0.3, 0.4) is 0 Å². The number of halogens is 2. The van der Waals surface area contributed by atoms with Gasteiger partial charge in [-0.1, -0.05) is 168 Å². The van der Waals surface area contributed by atoms with E-state index in [1.165, 1.54) is 66.1 Å². The van der Waals surface area contributed by atoms with Crippen molar-refractivity contribution in [1.82, 2.24) is 9.55 Å². The molecule has 0 N–H and O–H groups in total. The molecule has 1 aliphatic heterocycles. The molecular formula is C69H51F2N4Pt-3. The number of aromatic nitrogens is 2. The van der Waals surface area contributed by atoms with E-state index in [-0.39, 0.29) is 37.6 Å². The van der Waals surface area contributed by atoms with Gasteiger partial charge in [-0.05, 0) is 125 Å². The molecule has 11 aromatic rings. The molecule has 0 spiro atoms. The number of fused-ring (bicyclic) bond motifs is 5. The summed E-state index contributed by atoms with van der Waals surface area (Å²) in [7, 11) is 0. The fraction of sp³-hybridized carbons (Fsp3) is 0.159. The van der Waals surface area contributed by atoms with Gasteiger partial charge in [0.05, 0.1) is 0 Å². The van der Waals surface area contributed by atoms with Gasteiger partial charge in [-0.25, -0.2) is 13.8 Å². The molecular weight excluding hydrogens is 1120 g/mol. The van der Waals surface area contributed by atoms with Crippen molar-refractivity contribution in [3.05, 3.63) is 260 Å². The van der Waals surface area contributed by atoms with Gasteiger partial charge in [0.15, 0.2) is 0 Å². The molecule has 0 radical (unpaired) electrons. The summed E-state index contributed by atoms with van der Waals surface area (Å²) >= 11 is 0. The third-order valence-corrected chi connectivity index (χ3v) is 17.5. The molecule has 5 aliphatic rings. The topological polar surface area (TPSA) is 24.3 Å². The summed E-state index contributed by atoms with van der Waals surface area (Å²) in [4.78, 5) is 9.28. The number of benzene rings is 9. The first-order valence-electron chi connectivity index (χ1n) is 26.5. The van der Waals surface area contributed by atoms with Gasteiger partial charge in [0.25, 0.3) is 5.92 Å². The van der Waals surface area contributed by atoms with Crippen LogP contribution in [0, 0.1) is 42.5 Å². The van der Waals surface area contributed by atoms with Crippen molar-refractivity contribution < 1.29 is 29.8 Å². The summed E-state index contributed by atoms with van der Waals surface area (Å²) < 4.78 is 37.5. The molecule has 4 fully saturated rings. The SMILES string of the molecule is FC(F)(c1[c-]c(N2[CH-]N(c3c(-c4ccccc4)cccc3-c3ccccc3)c3ccccc32)ccc1)c1[c-]c2c(cc1)c1ccccc1n2-c1cc(C2(c3cccc4ccccc34)C3CC4CC(C3)CC2C4)ccn1.[Pt]. The van der Waals surface area contributed by atoms with Gasteiger partial charge >= 0.3 is 0 Å². The molecule has 0 unspecified atom stereocenters. The molecule has 374 valence electrons. The van der Waals surface area contributed by atoms with Crippen molar-refractivity contribution >= 4 is 55.3 Å². The predicted molar refractivity (Wildman–Crippen MR) is 300 cm³/mol. The Hall–Kier alpha value is -7.66. The molecule has 4 aliphatic carbocycles. The fourth-order valence-electron chi connectivity index (χ4n) is 14.6. The number of hydrogen-bond acceptors (Lipinski definition) is 3. The van der Waals surface area contributed by atoms with Crippen molar-refractivity contribution in [2.75, 3.05) is 9.80 Å². The summed E-state index contributed by atoms with van der Waals surface area (Å²) in [6, 6.07) is 78.8. The Morgan fingerprint density at radius 1 is 0.526 bits per heavy atom. The number of rotatable bonds is 9. The molecule has 0 atom stereocenters. The summed E-state index contributed by atoms with van der Waals surface area (Å²) in [5, 5.41) is 4.40. The molecule has 0 saturated heterocycles. The van der Waals surface area contributed by atoms with Gasteiger partial charge in [0.2, 0.25) is 0 Å². The van der Waals surface area contributed by atoms with Crippen LogP contribution in [0.4, 0.5) is 31.5 Å². The van der Waals surface area contributed by atoms with E-state index >= 15 is 8.78 Å². The summed E-state index contributed by atoms with van der Waals surface area (Å²) in [6.45, 7) is 2.01. The Morgan fingerprint density at radius 2 is 1.12 bits per heavy atom. The number of hydrogen-bond donors (Lipinski definition) is 0. The maximum Gasteiger partial charge on any atom is 0.254 e. The minimum atomic E-state index is -3.46. The average Bonchev–Trinajstić information content (AvgIpc) is 4.16. The van der Waals surface area contributed by atoms with Crippen molar-refractivity contribution in [3.8, 4) is 28.1 Å². The molecule has 16 rings (SSSR count). The van der Waals surface area contributed by atoms with Crippen LogP contribution in [0.2, 0.25) is 0 Å². The minimum absolute atomic E-state index is 0. The van der Waals surface area contributed by atoms with Gasteiger partial charge in [0, 0.05) is 66.4 Å². The zero-order chi connectivity index (χ0) is 49.8. The largest absolute Gasteiger partial charge is 0.493 e. The van der Waals surface area contributed by atoms with Crippen LogP contribution in [0.1, 0.15) is 54.4 Å². The van der Waals surface area contributed by atoms with Crippen molar-refractivity contribution in [3.63, 3.8) is 0 Å². The normalized spacial score (nSPS) is 20.6. The van der Waals surface area contributed by atoms with E-state index in [1.54, 1.807) is 6.07 Å². The molecule has 9 aromatic carbocycles. The van der Waals surface area contributed by atoms with E-state index in [1.807, 2.05) is 72.4 Å². The number of alkyl halides is 2. The smallest absolute Gasteiger partial charge is 0.254 e. The maximum atomic E-state index is 17.7. The number of pyridine rings is 1. The quantitative estimate of drug-likeness (QED) is 0.135. The Labute approximate surface area is 456 Å². The molecule has 4 bridgehead atoms. The summed E-state index contributed by atoms with van der Waals surface area (Å²) in [6.07, 6.45) is 8.23. The summed E-state index contributed by atoms with van der Waals surface area (Å²) in [5.74, 6) is -0.187. The van der Waals surface area contributed by atoms with E-state index < -0.39 is 5.92 Å². The molecule has 4 nitrogen and oxygen atoms in total. The zero-order valence-electron chi connectivity index (χ0n) is 41.6. The Bertz CT molecular complexity index is 3930. The third-order valence-electron chi connectivity index (χ3n) is 17.5. The van der Waals surface area contributed by atoms with Gasteiger partial charge in [-0.2, -0.15) is 36.4 Å². The van der Waals surface area contributed by atoms with Gasteiger partial charge in [-0.15, -0.1) is 23.8 Å². The number of nitrogens with zero attached hydrogens (tertiary/aromatic N) is 4. The van der Waals surface area contributed by atoms with Crippen LogP contribution in [0.25, 0.3) is 60.6 Å². The van der Waals surface area contributed by atoms with Crippen LogP contribution < -0.4 is 9.80 Å². The average molecular weight is 1170 g/mol. The first-order valence-corrected chi connectivity index (χ1v) is 26.5. The molecule has 3 heterocycles. The second kappa shape index (κ2) is 18.3. The first-order chi connectivity index (χ1) is 36.9. The van der Waals surface area contributed by atoms with E-state index in [0.29, 0.717) is 23.0 Å². The minimum Gasteiger partial charge on any atom is -0.493 e. The van der Waals surface area contributed by atoms with E-state index in [9.17, 15) is 0 Å². The second-order valence-electron chi connectivity index (χ2n) is 21.4. The van der Waals surface area contributed by atoms with Crippen LogP contribution in [0.15, 0.2) is 219 Å². The van der Waals surface area contributed by atoms with E-state index in [2.05, 4.69) is 161 Å². The van der Waals surface area contributed by atoms with Gasteiger partial charge < -0.3 is 14.4 Å². The predicted octanol–water partition coefficient (Wildman–Crippen LogP) is 17.6. The maximum absolute atomic E-state index is 17.7. The Balaban J connectivity index is 0.00000528. The molecule has 76 heavy (non-hydrogen) atoms. The van der Waals surface area contributed by atoms with Gasteiger partial charge in [-0.3, -0.25) is 0 Å². The van der Waals surface area contributed by atoms with E-state index in [0.717, 1.165) is 73.3 Å². The van der Waals surface area contributed by atoms with Gasteiger partial charge in [0.1, 0.15) is 5.82 Å².